The van der Waals surface area contributed by atoms with Crippen molar-refractivity contribution in [2.45, 2.75) is 33.1 Å². The average molecular weight is 218 g/mol. The van der Waals surface area contributed by atoms with Gasteiger partial charge in [-0.2, -0.15) is 0 Å². The summed E-state index contributed by atoms with van der Waals surface area (Å²) >= 11 is 5.28. The summed E-state index contributed by atoms with van der Waals surface area (Å²) in [6.45, 7) is 3.80. The molecule has 1 aromatic rings. The maximum atomic E-state index is 11.3. The van der Waals surface area contributed by atoms with Crippen LogP contribution in [0.2, 0.25) is 0 Å². The fraction of sp³-hybridized carbons (Fsp3) is 0.556. The molecule has 4 nitrogen and oxygen atoms in total. The van der Waals surface area contributed by atoms with Gasteiger partial charge in [-0.15, -0.1) is 4.74 Å². The van der Waals surface area contributed by atoms with Crippen molar-refractivity contribution in [1.29, 1.82) is 0 Å². The van der Waals surface area contributed by atoms with Gasteiger partial charge in [-0.25, -0.2) is 4.79 Å². The Morgan fingerprint density at radius 1 is 1.50 bits per heavy atom. The van der Waals surface area contributed by atoms with Crippen LogP contribution in [0.15, 0.2) is 9.32 Å². The lowest BCUT2D eigenvalue weighted by Crippen LogP contribution is -2.06. The molecule has 1 rings (SSSR count). The molecule has 0 radical (unpaired) electrons. The van der Waals surface area contributed by atoms with Crippen molar-refractivity contribution in [3.8, 4) is 0 Å². The molecule has 0 aliphatic carbocycles. The van der Waals surface area contributed by atoms with Crippen LogP contribution >= 0.6 is 11.6 Å². The summed E-state index contributed by atoms with van der Waals surface area (Å²) in [5.41, 5.74) is 0.672. The number of nitrogens with zero attached hydrogens (tertiary/aromatic N) is 1. The molecule has 0 N–H and O–H groups in total. The van der Waals surface area contributed by atoms with Crippen molar-refractivity contribution in [2.75, 3.05) is 0 Å². The Morgan fingerprint density at radius 2 is 2.14 bits per heavy atom. The molecular weight excluding hydrogens is 206 g/mol. The van der Waals surface area contributed by atoms with Crippen LogP contribution in [0.4, 0.5) is 4.79 Å². The van der Waals surface area contributed by atoms with Crippen LogP contribution in [0.5, 0.6) is 0 Å². The minimum Gasteiger partial charge on any atom is -0.327 e. The zero-order chi connectivity index (χ0) is 10.7. The molecule has 0 saturated carbocycles. The van der Waals surface area contributed by atoms with Gasteiger partial charge in [-0.1, -0.05) is 20.3 Å². The van der Waals surface area contributed by atoms with Crippen molar-refractivity contribution in [2.24, 2.45) is 0 Å². The van der Waals surface area contributed by atoms with Gasteiger partial charge in [0.15, 0.2) is 0 Å². The lowest BCUT2D eigenvalue weighted by atomic mass is 10.1. The average Bonchev–Trinajstić information content (AvgIpc) is 2.43. The second kappa shape index (κ2) is 4.46. The highest BCUT2D eigenvalue weighted by Gasteiger charge is 2.18. The third-order valence-corrected chi connectivity index (χ3v) is 2.17. The van der Waals surface area contributed by atoms with E-state index in [0.717, 1.165) is 11.2 Å². The predicted molar refractivity (Wildman–Crippen MR) is 53.0 cm³/mol. The van der Waals surface area contributed by atoms with Gasteiger partial charge >= 0.3 is 11.0 Å². The lowest BCUT2D eigenvalue weighted by Gasteiger charge is -2.00. The van der Waals surface area contributed by atoms with E-state index in [2.05, 4.69) is 0 Å². The summed E-state index contributed by atoms with van der Waals surface area (Å²) in [4.78, 5) is 22.2. The Kier molecular flexibility index (Phi) is 3.52. The van der Waals surface area contributed by atoms with E-state index in [-0.39, 0.29) is 0 Å². The van der Waals surface area contributed by atoms with E-state index in [9.17, 15) is 9.59 Å². The monoisotopic (exact) mass is 217 g/mol. The van der Waals surface area contributed by atoms with E-state index in [1.807, 2.05) is 13.8 Å². The van der Waals surface area contributed by atoms with E-state index in [0.29, 0.717) is 24.1 Å². The van der Waals surface area contributed by atoms with Crippen molar-refractivity contribution in [3.63, 3.8) is 0 Å². The summed E-state index contributed by atoms with van der Waals surface area (Å²) in [5.74, 6) is 0. The molecule has 5 heteroatoms. The molecule has 1 aromatic heterocycles. The second-order valence-electron chi connectivity index (χ2n) is 2.95. The first-order valence-electron chi connectivity index (χ1n) is 4.55. The number of carbonyl (C=O) groups excluding carboxylic acids is 1. The van der Waals surface area contributed by atoms with Crippen LogP contribution in [0.1, 0.15) is 31.5 Å². The highest BCUT2D eigenvalue weighted by Crippen LogP contribution is 2.11. The maximum absolute atomic E-state index is 11.3. The molecule has 0 spiro atoms. The molecule has 78 valence electrons. The smallest absolute Gasteiger partial charge is 0.327 e. The Balaban J connectivity index is 3.30. The third kappa shape index (κ3) is 1.90. The molecule has 0 fully saturated rings. The van der Waals surface area contributed by atoms with Crippen LogP contribution in [0.25, 0.3) is 0 Å². The summed E-state index contributed by atoms with van der Waals surface area (Å²) in [6.07, 6.45) is 2.00. The largest absolute Gasteiger partial charge is 0.361 e. The quantitative estimate of drug-likeness (QED) is 0.729. The van der Waals surface area contributed by atoms with Crippen molar-refractivity contribution < 1.29 is 9.32 Å². The molecule has 0 saturated heterocycles. The number of halogens is 1. The first-order valence-corrected chi connectivity index (χ1v) is 4.93. The summed E-state index contributed by atoms with van der Waals surface area (Å²) < 4.78 is 5.61. The molecule has 0 bridgehead atoms. The SMILES string of the molecule is CCCc1c(CC)c(=O)on1C(=O)Cl. The zero-order valence-corrected chi connectivity index (χ0v) is 8.93. The van der Waals surface area contributed by atoms with Crippen LogP contribution in [-0.2, 0) is 12.8 Å². The minimum absolute atomic E-state index is 0.468. The molecule has 0 aliphatic rings. The lowest BCUT2D eigenvalue weighted by molar-refractivity contribution is 0.225. The van der Waals surface area contributed by atoms with Gasteiger partial charge in [0.25, 0.3) is 0 Å². The third-order valence-electron chi connectivity index (χ3n) is 2.01. The van der Waals surface area contributed by atoms with E-state index in [1.165, 1.54) is 0 Å². The Morgan fingerprint density at radius 3 is 2.57 bits per heavy atom. The minimum atomic E-state index is -0.773. The summed E-state index contributed by atoms with van der Waals surface area (Å²) in [5, 5.41) is -0.773. The highest BCUT2D eigenvalue weighted by atomic mass is 35.5. The first kappa shape index (κ1) is 11.0. The van der Waals surface area contributed by atoms with Crippen LogP contribution in [0.3, 0.4) is 0 Å². The summed E-state index contributed by atoms with van der Waals surface area (Å²) in [6, 6.07) is 0. The van der Waals surface area contributed by atoms with E-state index >= 15 is 0 Å². The van der Waals surface area contributed by atoms with E-state index in [4.69, 9.17) is 16.1 Å². The van der Waals surface area contributed by atoms with E-state index in [1.54, 1.807) is 0 Å². The van der Waals surface area contributed by atoms with E-state index < -0.39 is 11.0 Å². The van der Waals surface area contributed by atoms with Gasteiger partial charge in [0, 0.05) is 0 Å². The summed E-state index contributed by atoms with van der Waals surface area (Å²) in [7, 11) is 0. The van der Waals surface area contributed by atoms with Crippen molar-refractivity contribution in [3.05, 3.63) is 21.7 Å². The van der Waals surface area contributed by atoms with Crippen molar-refractivity contribution in [1.82, 2.24) is 4.74 Å². The molecular formula is C9H12ClNO3. The normalized spacial score (nSPS) is 10.5. The maximum Gasteiger partial charge on any atom is 0.361 e. The molecule has 1 heterocycles. The van der Waals surface area contributed by atoms with Crippen molar-refractivity contribution >= 4 is 17.0 Å². The Bertz CT molecular complexity index is 391. The topological polar surface area (TPSA) is 52.2 Å². The van der Waals surface area contributed by atoms with Gasteiger partial charge in [0.2, 0.25) is 0 Å². The molecule has 14 heavy (non-hydrogen) atoms. The number of carbonyl (C=O) groups is 1. The molecule has 0 aliphatic heterocycles. The molecule has 0 atom stereocenters. The van der Waals surface area contributed by atoms with Gasteiger partial charge < -0.3 is 4.52 Å². The number of aromatic nitrogens is 1. The van der Waals surface area contributed by atoms with Gasteiger partial charge in [-0.05, 0) is 24.4 Å². The molecule has 0 unspecified atom stereocenters. The number of rotatable bonds is 3. The first-order chi connectivity index (χ1) is 6.61. The zero-order valence-electron chi connectivity index (χ0n) is 8.17. The van der Waals surface area contributed by atoms with Crippen LogP contribution in [0, 0.1) is 0 Å². The second-order valence-corrected chi connectivity index (χ2v) is 3.28. The van der Waals surface area contributed by atoms with Gasteiger partial charge in [0.1, 0.15) is 0 Å². The fourth-order valence-electron chi connectivity index (χ4n) is 1.41. The highest BCUT2D eigenvalue weighted by molar-refractivity contribution is 6.63. The molecule has 0 amide bonds. The van der Waals surface area contributed by atoms with Gasteiger partial charge in [0.05, 0.1) is 11.3 Å². The van der Waals surface area contributed by atoms with Crippen LogP contribution < -0.4 is 5.63 Å². The predicted octanol–water partition coefficient (Wildman–Crippen LogP) is 2.16. The number of hydrogen-bond donors (Lipinski definition) is 0. The Labute approximate surface area is 86.4 Å². The van der Waals surface area contributed by atoms with Crippen LogP contribution in [-0.4, -0.2) is 10.1 Å². The Hall–Kier alpha value is -1.03. The van der Waals surface area contributed by atoms with Gasteiger partial charge in [-0.3, -0.25) is 4.79 Å². The molecule has 0 aromatic carbocycles. The number of hydrogen-bond acceptors (Lipinski definition) is 3. The standard InChI is InChI=1S/C9H12ClNO3/c1-3-5-7-6(4-2)8(12)14-11(7)9(10)13/h3-5H2,1-2H3. The fourth-order valence-corrected chi connectivity index (χ4v) is 1.55.